The van der Waals surface area contributed by atoms with E-state index < -0.39 is 0 Å². The Morgan fingerprint density at radius 1 is 0.727 bits per heavy atom. The van der Waals surface area contributed by atoms with Crippen molar-refractivity contribution < 1.29 is 14.0 Å². The number of unbranched alkanes of at least 4 members (excludes halogenated alkanes) is 16. The number of nitrogens with zero attached hydrogens (tertiary/aromatic N) is 2. The van der Waals surface area contributed by atoms with E-state index in [2.05, 4.69) is 36.6 Å². The fourth-order valence-corrected chi connectivity index (χ4v) is 6.94. The predicted octanol–water partition coefficient (Wildman–Crippen LogP) is 11.7. The third-order valence-corrected chi connectivity index (χ3v) is 9.67. The lowest BCUT2D eigenvalue weighted by atomic mass is 9.83. The minimum atomic E-state index is 0.466. The first kappa shape index (κ1) is 36.4. The molecule has 44 heavy (non-hydrogen) atoms. The lowest BCUT2D eigenvalue weighted by Crippen LogP contribution is -2.33. The lowest BCUT2D eigenvalue weighted by molar-refractivity contribution is -0.550. The SMILES string of the molecule is CCCCCCCCCCCC1=[N+](Cc2ccc(Cl)cn2)CC(CCCCCCCCCCC)c2cc(OC)c(OC)cc21. The van der Waals surface area contributed by atoms with Crippen LogP contribution in [0.3, 0.4) is 0 Å². The Morgan fingerprint density at radius 2 is 1.27 bits per heavy atom. The maximum Gasteiger partial charge on any atom is 0.185 e. The molecule has 3 rings (SSSR count). The van der Waals surface area contributed by atoms with Crippen LogP contribution < -0.4 is 9.47 Å². The van der Waals surface area contributed by atoms with E-state index in [0.717, 1.165) is 36.7 Å². The van der Waals surface area contributed by atoms with Crippen molar-refractivity contribution in [2.24, 2.45) is 0 Å². The summed E-state index contributed by atoms with van der Waals surface area (Å²) in [6, 6.07) is 8.58. The van der Waals surface area contributed by atoms with Crippen LogP contribution in [-0.4, -0.2) is 36.0 Å². The number of aromatic nitrogens is 1. The Hall–Kier alpha value is -2.07. The smallest absolute Gasteiger partial charge is 0.185 e. The number of fused-ring (bicyclic) bond motifs is 1. The van der Waals surface area contributed by atoms with Crippen LogP contribution in [0.4, 0.5) is 0 Å². The van der Waals surface area contributed by atoms with Crippen molar-refractivity contribution in [2.45, 2.75) is 155 Å². The first-order valence-corrected chi connectivity index (χ1v) is 18.5. The molecule has 0 bridgehead atoms. The number of pyridine rings is 1. The van der Waals surface area contributed by atoms with Gasteiger partial charge in [-0.15, -0.1) is 0 Å². The quantitative estimate of drug-likeness (QED) is 0.0859. The molecule has 0 amide bonds. The molecule has 4 nitrogen and oxygen atoms in total. The molecule has 2 heterocycles. The van der Waals surface area contributed by atoms with Crippen LogP contribution in [0, 0.1) is 0 Å². The third-order valence-electron chi connectivity index (χ3n) is 9.44. The van der Waals surface area contributed by atoms with Crippen molar-refractivity contribution in [1.82, 2.24) is 4.98 Å². The summed E-state index contributed by atoms with van der Waals surface area (Å²) in [5, 5.41) is 0.691. The molecule has 0 saturated heterocycles. The Balaban J connectivity index is 1.74. The van der Waals surface area contributed by atoms with Crippen LogP contribution in [0.15, 0.2) is 30.5 Å². The van der Waals surface area contributed by atoms with E-state index >= 15 is 0 Å². The van der Waals surface area contributed by atoms with Crippen molar-refractivity contribution >= 4 is 17.3 Å². The summed E-state index contributed by atoms with van der Waals surface area (Å²) in [6.07, 6.45) is 28.3. The molecule has 1 aromatic heterocycles. The number of benzene rings is 1. The molecule has 1 aliphatic rings. The van der Waals surface area contributed by atoms with Crippen LogP contribution in [0.25, 0.3) is 0 Å². The molecule has 0 saturated carbocycles. The van der Waals surface area contributed by atoms with Crippen molar-refractivity contribution in [3.8, 4) is 11.5 Å². The summed E-state index contributed by atoms with van der Waals surface area (Å²) in [4.78, 5) is 4.69. The molecule has 0 aliphatic carbocycles. The average Bonchev–Trinajstić information content (AvgIpc) is 3.04. The minimum absolute atomic E-state index is 0.466. The highest BCUT2D eigenvalue weighted by molar-refractivity contribution is 6.30. The van der Waals surface area contributed by atoms with Gasteiger partial charge in [0.1, 0.15) is 12.2 Å². The number of hydrogen-bond acceptors (Lipinski definition) is 3. The third kappa shape index (κ3) is 12.4. The minimum Gasteiger partial charge on any atom is -0.493 e. The highest BCUT2D eigenvalue weighted by Crippen LogP contribution is 2.39. The molecule has 1 unspecified atom stereocenters. The predicted molar refractivity (Wildman–Crippen MR) is 188 cm³/mol. The molecule has 1 atom stereocenters. The molecule has 246 valence electrons. The number of methoxy groups -OCH3 is 2. The number of halogens is 1. The van der Waals surface area contributed by atoms with Crippen LogP contribution >= 0.6 is 11.6 Å². The molecule has 2 aromatic rings. The van der Waals surface area contributed by atoms with Gasteiger partial charge in [-0.05, 0) is 42.7 Å². The van der Waals surface area contributed by atoms with E-state index in [-0.39, 0.29) is 0 Å². The van der Waals surface area contributed by atoms with Gasteiger partial charge in [-0.1, -0.05) is 135 Å². The van der Waals surface area contributed by atoms with Gasteiger partial charge in [-0.2, -0.15) is 0 Å². The van der Waals surface area contributed by atoms with Crippen LogP contribution in [-0.2, 0) is 6.54 Å². The van der Waals surface area contributed by atoms with Gasteiger partial charge in [-0.25, -0.2) is 4.58 Å². The first-order chi connectivity index (χ1) is 21.6. The van der Waals surface area contributed by atoms with Crippen molar-refractivity contribution in [3.63, 3.8) is 0 Å². The monoisotopic (exact) mass is 625 g/mol. The van der Waals surface area contributed by atoms with Gasteiger partial charge in [0, 0.05) is 24.1 Å². The largest absolute Gasteiger partial charge is 0.493 e. The maximum absolute atomic E-state index is 6.20. The molecular weight excluding hydrogens is 564 g/mol. The Morgan fingerprint density at radius 3 is 1.82 bits per heavy atom. The van der Waals surface area contributed by atoms with E-state index in [1.54, 1.807) is 20.4 Å². The highest BCUT2D eigenvalue weighted by Gasteiger charge is 2.34. The topological polar surface area (TPSA) is 34.4 Å². The fraction of sp³-hybridized carbons (Fsp3) is 0.692. The van der Waals surface area contributed by atoms with E-state index in [4.69, 9.17) is 26.1 Å². The Bertz CT molecular complexity index is 1100. The van der Waals surface area contributed by atoms with Crippen LogP contribution in [0.1, 0.15) is 165 Å². The second-order valence-electron chi connectivity index (χ2n) is 13.0. The summed E-state index contributed by atoms with van der Waals surface area (Å²) in [5.74, 6) is 2.14. The van der Waals surface area contributed by atoms with E-state index in [1.807, 2.05) is 6.07 Å². The Kier molecular flexibility index (Phi) is 17.9. The molecule has 0 spiro atoms. The summed E-state index contributed by atoms with van der Waals surface area (Å²) >= 11 is 6.20. The zero-order chi connectivity index (χ0) is 31.4. The zero-order valence-corrected chi connectivity index (χ0v) is 29.4. The van der Waals surface area contributed by atoms with E-state index in [9.17, 15) is 0 Å². The molecular formula is C39H62ClN2O2+. The van der Waals surface area contributed by atoms with Gasteiger partial charge in [0.25, 0.3) is 0 Å². The second kappa shape index (κ2) is 21.6. The number of rotatable bonds is 24. The molecule has 1 aliphatic heterocycles. The van der Waals surface area contributed by atoms with Crippen molar-refractivity contribution in [3.05, 3.63) is 52.3 Å². The van der Waals surface area contributed by atoms with E-state index in [1.165, 1.54) is 139 Å². The average molecular weight is 626 g/mol. The van der Waals surface area contributed by atoms with Crippen LogP contribution in [0.2, 0.25) is 5.02 Å². The standard InChI is InChI=1S/C39H62ClN2O2/c1-5-7-9-11-13-15-17-19-21-23-32-30-42(31-34-26-25-33(40)29-41-34)37(24-22-20-18-16-14-12-10-8-6-2)36-28-39(44-4)38(43-3)27-35(32)36/h25-29,32H,5-24,30-31H2,1-4H3/q+1. The second-order valence-corrected chi connectivity index (χ2v) is 13.4. The van der Waals surface area contributed by atoms with Gasteiger partial charge in [0.15, 0.2) is 23.8 Å². The van der Waals surface area contributed by atoms with Gasteiger partial charge >= 0.3 is 0 Å². The van der Waals surface area contributed by atoms with Gasteiger partial charge in [0.2, 0.25) is 0 Å². The first-order valence-electron chi connectivity index (χ1n) is 18.1. The number of hydrogen-bond donors (Lipinski definition) is 0. The molecule has 1 aromatic carbocycles. The summed E-state index contributed by atoms with van der Waals surface area (Å²) in [5.41, 5.74) is 5.30. The molecule has 0 fully saturated rings. The van der Waals surface area contributed by atoms with Crippen molar-refractivity contribution in [2.75, 3.05) is 20.8 Å². The molecule has 5 heteroatoms. The number of ether oxygens (including phenoxy) is 2. The lowest BCUT2D eigenvalue weighted by Gasteiger charge is -2.27. The summed E-state index contributed by atoms with van der Waals surface area (Å²) in [6.45, 7) is 6.42. The van der Waals surface area contributed by atoms with Gasteiger partial charge in [0.05, 0.1) is 19.2 Å². The summed E-state index contributed by atoms with van der Waals surface area (Å²) < 4.78 is 14.3. The fourth-order valence-electron chi connectivity index (χ4n) is 6.83. The van der Waals surface area contributed by atoms with Gasteiger partial charge in [-0.3, -0.25) is 4.98 Å². The van der Waals surface area contributed by atoms with Crippen molar-refractivity contribution in [1.29, 1.82) is 0 Å². The van der Waals surface area contributed by atoms with Gasteiger partial charge < -0.3 is 9.47 Å². The normalized spacial score (nSPS) is 14.6. The van der Waals surface area contributed by atoms with E-state index in [0.29, 0.717) is 10.9 Å². The van der Waals surface area contributed by atoms with Crippen LogP contribution in [0.5, 0.6) is 11.5 Å². The summed E-state index contributed by atoms with van der Waals surface area (Å²) in [7, 11) is 3.51. The zero-order valence-electron chi connectivity index (χ0n) is 28.6. The highest BCUT2D eigenvalue weighted by atomic mass is 35.5. The maximum atomic E-state index is 6.20. The molecule has 0 radical (unpaired) electrons. The molecule has 0 N–H and O–H groups in total. The Labute approximate surface area is 275 Å².